The van der Waals surface area contributed by atoms with Crippen molar-refractivity contribution >= 4 is 35.0 Å². The topological polar surface area (TPSA) is 57.8 Å². The lowest BCUT2D eigenvalue weighted by Crippen LogP contribution is -2.14. The van der Waals surface area contributed by atoms with Gasteiger partial charge in [0, 0.05) is 16.8 Å². The van der Waals surface area contributed by atoms with Crippen molar-refractivity contribution in [2.75, 3.05) is 5.32 Å². The summed E-state index contributed by atoms with van der Waals surface area (Å²) in [5.41, 5.74) is 6.29. The first-order chi connectivity index (χ1) is 12.6. The minimum atomic E-state index is -0.104. The summed E-state index contributed by atoms with van der Waals surface area (Å²) in [5, 5.41) is 3.03. The molecule has 0 saturated heterocycles. The molecule has 0 spiro atoms. The average molecular weight is 378 g/mol. The van der Waals surface area contributed by atoms with Crippen molar-refractivity contribution in [1.82, 2.24) is 9.97 Å². The minimum absolute atomic E-state index is 0. The lowest BCUT2D eigenvalue weighted by atomic mass is 10.1. The van der Waals surface area contributed by atoms with Crippen molar-refractivity contribution in [2.45, 2.75) is 13.8 Å². The molecule has 0 aliphatic heterocycles. The minimum Gasteiger partial charge on any atom is -0.338 e. The number of aryl methyl sites for hydroxylation is 2. The highest BCUT2D eigenvalue weighted by atomic mass is 35.5. The number of hydrogen-bond acceptors (Lipinski definition) is 2. The quantitative estimate of drug-likeness (QED) is 0.493. The van der Waals surface area contributed by atoms with E-state index < -0.39 is 0 Å². The van der Waals surface area contributed by atoms with Crippen molar-refractivity contribution in [3.05, 3.63) is 83.4 Å². The van der Waals surface area contributed by atoms with Gasteiger partial charge in [0.25, 0.3) is 5.91 Å². The fraction of sp³-hybridized carbons (Fsp3) is 0.0909. The van der Waals surface area contributed by atoms with E-state index in [1.54, 1.807) is 0 Å². The summed E-state index contributed by atoms with van der Waals surface area (Å²) in [4.78, 5) is 20.6. The third-order valence-electron chi connectivity index (χ3n) is 4.54. The van der Waals surface area contributed by atoms with E-state index in [1.807, 2.05) is 80.6 Å². The molecular formula is C22H20ClN3O. The zero-order chi connectivity index (χ0) is 18.1. The molecule has 0 unspecified atom stereocenters. The number of H-pyrrole nitrogens is 1. The van der Waals surface area contributed by atoms with Crippen LogP contribution >= 0.6 is 12.4 Å². The smallest absolute Gasteiger partial charge is 0.255 e. The monoisotopic (exact) mass is 377 g/mol. The third-order valence-corrected chi connectivity index (χ3v) is 4.54. The summed E-state index contributed by atoms with van der Waals surface area (Å²) in [6.07, 6.45) is 0. The zero-order valence-corrected chi connectivity index (χ0v) is 15.9. The number of aromatic nitrogens is 2. The van der Waals surface area contributed by atoms with Crippen LogP contribution in [0, 0.1) is 13.8 Å². The Hall–Kier alpha value is -3.11. The van der Waals surface area contributed by atoms with Gasteiger partial charge in [0.1, 0.15) is 5.82 Å². The van der Waals surface area contributed by atoms with Crippen LogP contribution < -0.4 is 5.32 Å². The molecule has 0 aliphatic rings. The number of nitrogens with one attached hydrogen (secondary N) is 2. The summed E-state index contributed by atoms with van der Waals surface area (Å²) in [5.74, 6) is 0.686. The Balaban J connectivity index is 0.00000210. The van der Waals surface area contributed by atoms with Gasteiger partial charge in [-0.2, -0.15) is 0 Å². The van der Waals surface area contributed by atoms with Crippen LogP contribution in [0.15, 0.2) is 66.7 Å². The number of fused-ring (bicyclic) bond motifs is 1. The average Bonchev–Trinajstić information content (AvgIpc) is 3.08. The SMILES string of the molecule is Cc1ccc(-c2nc3ccccc3[nH]2)cc1NC(=O)c1ccccc1C.Cl. The maximum absolute atomic E-state index is 12.6. The number of carbonyl (C=O) groups is 1. The number of imidazole rings is 1. The van der Waals surface area contributed by atoms with Crippen molar-refractivity contribution in [2.24, 2.45) is 0 Å². The molecule has 2 N–H and O–H groups in total. The first kappa shape index (κ1) is 18.7. The highest BCUT2D eigenvalue weighted by Gasteiger charge is 2.12. The van der Waals surface area contributed by atoms with Crippen molar-refractivity contribution in [3.8, 4) is 11.4 Å². The number of benzene rings is 3. The van der Waals surface area contributed by atoms with Gasteiger partial charge < -0.3 is 10.3 Å². The van der Waals surface area contributed by atoms with Crippen LogP contribution in [0.4, 0.5) is 5.69 Å². The van der Waals surface area contributed by atoms with E-state index in [4.69, 9.17) is 0 Å². The van der Waals surface area contributed by atoms with E-state index in [9.17, 15) is 4.79 Å². The number of halogens is 1. The summed E-state index contributed by atoms with van der Waals surface area (Å²) in [6, 6.07) is 21.5. The van der Waals surface area contributed by atoms with Crippen LogP contribution in [-0.2, 0) is 0 Å². The van der Waals surface area contributed by atoms with Gasteiger partial charge in [0.15, 0.2) is 0 Å². The first-order valence-electron chi connectivity index (χ1n) is 8.54. The van der Waals surface area contributed by atoms with Crippen molar-refractivity contribution < 1.29 is 4.79 Å². The van der Waals surface area contributed by atoms with Crippen LogP contribution in [0.25, 0.3) is 22.4 Å². The van der Waals surface area contributed by atoms with Crippen LogP contribution in [-0.4, -0.2) is 15.9 Å². The highest BCUT2D eigenvalue weighted by Crippen LogP contribution is 2.26. The van der Waals surface area contributed by atoms with Crippen LogP contribution in [0.2, 0.25) is 0 Å². The van der Waals surface area contributed by atoms with Gasteiger partial charge in [-0.15, -0.1) is 12.4 Å². The summed E-state index contributed by atoms with van der Waals surface area (Å²) in [6.45, 7) is 3.92. The Kier molecular flexibility index (Phi) is 5.28. The number of nitrogens with zero attached hydrogens (tertiary/aromatic N) is 1. The molecule has 0 fully saturated rings. The van der Waals surface area contributed by atoms with E-state index in [0.717, 1.165) is 39.2 Å². The number of amides is 1. The van der Waals surface area contributed by atoms with Gasteiger partial charge >= 0.3 is 0 Å². The number of para-hydroxylation sites is 2. The number of rotatable bonds is 3. The molecule has 27 heavy (non-hydrogen) atoms. The molecule has 0 aliphatic carbocycles. The largest absolute Gasteiger partial charge is 0.338 e. The Morgan fingerprint density at radius 2 is 1.67 bits per heavy atom. The molecular weight excluding hydrogens is 358 g/mol. The van der Waals surface area contributed by atoms with Gasteiger partial charge in [-0.05, 0) is 49.2 Å². The Bertz CT molecular complexity index is 1080. The molecule has 5 heteroatoms. The predicted molar refractivity (Wildman–Crippen MR) is 113 cm³/mol. The summed E-state index contributed by atoms with van der Waals surface area (Å²) >= 11 is 0. The van der Waals surface area contributed by atoms with E-state index >= 15 is 0 Å². The molecule has 1 aromatic heterocycles. The lowest BCUT2D eigenvalue weighted by molar-refractivity contribution is 0.102. The standard InChI is InChI=1S/C22H19N3O.ClH/c1-14-7-3-4-8-17(14)22(26)25-20-13-16(12-11-15(20)2)21-23-18-9-5-6-10-19(18)24-21;/h3-13H,1-2H3,(H,23,24)(H,25,26);1H. The van der Waals surface area contributed by atoms with Crippen molar-refractivity contribution in [3.63, 3.8) is 0 Å². The second-order valence-electron chi connectivity index (χ2n) is 6.40. The van der Waals surface area contributed by atoms with E-state index in [0.29, 0.717) is 5.56 Å². The predicted octanol–water partition coefficient (Wildman–Crippen LogP) is 5.52. The van der Waals surface area contributed by atoms with Gasteiger partial charge in [-0.1, -0.05) is 42.5 Å². The van der Waals surface area contributed by atoms with E-state index in [2.05, 4.69) is 15.3 Å². The maximum Gasteiger partial charge on any atom is 0.255 e. The fourth-order valence-corrected chi connectivity index (χ4v) is 3.01. The molecule has 1 heterocycles. The van der Waals surface area contributed by atoms with E-state index in [1.165, 1.54) is 0 Å². The van der Waals surface area contributed by atoms with Crippen molar-refractivity contribution in [1.29, 1.82) is 0 Å². The van der Waals surface area contributed by atoms with Gasteiger partial charge in [-0.3, -0.25) is 4.79 Å². The number of carbonyl (C=O) groups excluding carboxylic acids is 1. The lowest BCUT2D eigenvalue weighted by Gasteiger charge is -2.11. The Labute approximate surface area is 164 Å². The second-order valence-corrected chi connectivity index (χ2v) is 6.40. The van der Waals surface area contributed by atoms with E-state index in [-0.39, 0.29) is 18.3 Å². The molecule has 4 rings (SSSR count). The molecule has 4 aromatic rings. The summed E-state index contributed by atoms with van der Waals surface area (Å²) in [7, 11) is 0. The number of hydrogen-bond donors (Lipinski definition) is 2. The Morgan fingerprint density at radius 1 is 0.926 bits per heavy atom. The zero-order valence-electron chi connectivity index (χ0n) is 15.1. The van der Waals surface area contributed by atoms with Crippen LogP contribution in [0.5, 0.6) is 0 Å². The molecule has 0 atom stereocenters. The maximum atomic E-state index is 12.6. The normalized spacial score (nSPS) is 10.4. The Morgan fingerprint density at radius 3 is 2.44 bits per heavy atom. The van der Waals surface area contributed by atoms with Gasteiger partial charge in [-0.25, -0.2) is 4.98 Å². The van der Waals surface area contributed by atoms with Crippen LogP contribution in [0.3, 0.4) is 0 Å². The van der Waals surface area contributed by atoms with Crippen LogP contribution in [0.1, 0.15) is 21.5 Å². The third kappa shape index (κ3) is 3.71. The summed E-state index contributed by atoms with van der Waals surface area (Å²) < 4.78 is 0. The number of aromatic amines is 1. The highest BCUT2D eigenvalue weighted by molar-refractivity contribution is 6.05. The van der Waals surface area contributed by atoms with Gasteiger partial charge in [0.05, 0.1) is 11.0 Å². The molecule has 3 aromatic carbocycles. The fourth-order valence-electron chi connectivity index (χ4n) is 3.01. The van der Waals surface area contributed by atoms with Gasteiger partial charge in [0.2, 0.25) is 0 Å². The molecule has 0 bridgehead atoms. The molecule has 1 amide bonds. The molecule has 4 nitrogen and oxygen atoms in total. The molecule has 0 saturated carbocycles. The second kappa shape index (κ2) is 7.64. The first-order valence-corrected chi connectivity index (χ1v) is 8.54. The molecule has 0 radical (unpaired) electrons. The number of anilines is 1. The molecule has 136 valence electrons.